The molecule has 0 saturated heterocycles. The van der Waals surface area contributed by atoms with Crippen LogP contribution in [-0.2, 0) is 7.05 Å². The summed E-state index contributed by atoms with van der Waals surface area (Å²) in [6, 6.07) is 14.7. The van der Waals surface area contributed by atoms with Crippen LogP contribution in [0.15, 0.2) is 65.0 Å². The molecule has 26 heavy (non-hydrogen) atoms. The average molecular weight is 447 g/mol. The molecule has 0 atom stereocenters. The number of nitrogens with zero attached hydrogens (tertiary/aromatic N) is 2. The Morgan fingerprint density at radius 1 is 1.23 bits per heavy atom. The fourth-order valence-electron chi connectivity index (χ4n) is 2.99. The number of aromatic nitrogens is 1. The molecule has 0 fully saturated rings. The molecule has 0 bridgehead atoms. The molecule has 1 aromatic heterocycles. The van der Waals surface area contributed by atoms with E-state index < -0.39 is 0 Å². The number of rotatable bonds is 4. The molecular formula is C20H19BrN2OS2. The van der Waals surface area contributed by atoms with Crippen LogP contribution in [0.3, 0.4) is 0 Å². The number of thiazole rings is 1. The van der Waals surface area contributed by atoms with E-state index in [1.165, 1.54) is 30.8 Å². The van der Waals surface area contributed by atoms with Gasteiger partial charge < -0.3 is 26.6 Å². The molecule has 2 heterocycles. The van der Waals surface area contributed by atoms with Crippen molar-refractivity contribution < 1.29 is 26.3 Å². The Kier molecular flexibility index (Phi) is 5.75. The van der Waals surface area contributed by atoms with Crippen LogP contribution in [0.4, 0.5) is 5.69 Å². The van der Waals surface area contributed by atoms with Crippen molar-refractivity contribution in [3.8, 4) is 5.75 Å². The van der Waals surface area contributed by atoms with E-state index in [-0.39, 0.29) is 17.0 Å². The van der Waals surface area contributed by atoms with Crippen molar-refractivity contribution in [3.05, 3.63) is 65.2 Å². The Bertz CT molecular complexity index is 997. The van der Waals surface area contributed by atoms with Gasteiger partial charge in [-0.15, -0.1) is 6.58 Å². The standard InChI is InChI=1S/C20H19N2OS2.BrH/c1-4-11-22-16-10-9-14(23-3)12-18(16)25-20(22)13-19-21(2)15-7-5-6-8-17(15)24-19;/h4-10,12-13H,1,11H2,2-3H3;1H/q+1;/p-1. The number of methoxy groups -OCH3 is 1. The summed E-state index contributed by atoms with van der Waals surface area (Å²) < 4.78 is 8.93. The maximum atomic E-state index is 5.37. The molecular weight excluding hydrogens is 428 g/mol. The Morgan fingerprint density at radius 2 is 2.04 bits per heavy atom. The lowest BCUT2D eigenvalue weighted by molar-refractivity contribution is -0.642. The first kappa shape index (κ1) is 19.0. The van der Waals surface area contributed by atoms with E-state index in [2.05, 4.69) is 65.6 Å². The second-order valence-electron chi connectivity index (χ2n) is 5.78. The van der Waals surface area contributed by atoms with Gasteiger partial charge in [0.05, 0.1) is 23.9 Å². The number of hydrogen-bond donors (Lipinski definition) is 0. The fraction of sp³-hybridized carbons (Fsp3) is 0.150. The molecule has 134 valence electrons. The molecule has 0 unspecified atom stereocenters. The van der Waals surface area contributed by atoms with Gasteiger partial charge >= 0.3 is 0 Å². The first-order chi connectivity index (χ1) is 12.2. The minimum atomic E-state index is 0. The summed E-state index contributed by atoms with van der Waals surface area (Å²) in [6.45, 7) is 4.70. The molecule has 1 aliphatic rings. The summed E-state index contributed by atoms with van der Waals surface area (Å²) in [4.78, 5) is 3.52. The quantitative estimate of drug-likeness (QED) is 0.449. The van der Waals surface area contributed by atoms with Crippen LogP contribution in [0.2, 0.25) is 0 Å². The zero-order valence-corrected chi connectivity index (χ0v) is 17.8. The number of halogens is 1. The smallest absolute Gasteiger partial charge is 0.265 e. The van der Waals surface area contributed by atoms with Crippen LogP contribution < -0.4 is 31.2 Å². The third kappa shape index (κ3) is 3.29. The van der Waals surface area contributed by atoms with Gasteiger partial charge in [0.2, 0.25) is 5.52 Å². The molecule has 4 rings (SSSR count). The highest BCUT2D eigenvalue weighted by Gasteiger charge is 2.26. The number of thioether (sulfide) groups is 1. The molecule has 1 aliphatic heterocycles. The normalized spacial score (nSPS) is 14.4. The molecule has 0 aliphatic carbocycles. The van der Waals surface area contributed by atoms with Crippen LogP contribution in [0, 0.1) is 0 Å². The van der Waals surface area contributed by atoms with Gasteiger partial charge in [0.15, 0.2) is 0 Å². The van der Waals surface area contributed by atoms with Gasteiger partial charge in [-0.1, -0.05) is 41.3 Å². The monoisotopic (exact) mass is 446 g/mol. The number of hydrogen-bond acceptors (Lipinski definition) is 4. The highest BCUT2D eigenvalue weighted by Crippen LogP contribution is 2.48. The zero-order valence-electron chi connectivity index (χ0n) is 14.6. The summed E-state index contributed by atoms with van der Waals surface area (Å²) in [5, 5.41) is 2.45. The van der Waals surface area contributed by atoms with Crippen LogP contribution in [0.1, 0.15) is 5.01 Å². The number of benzene rings is 2. The topological polar surface area (TPSA) is 16.4 Å². The summed E-state index contributed by atoms with van der Waals surface area (Å²) in [6.07, 6.45) is 4.21. The number of ether oxygens (including phenoxy) is 1. The number of aryl methyl sites for hydroxylation is 1. The largest absolute Gasteiger partial charge is 1.00 e. The molecule has 3 nitrogen and oxygen atoms in total. The Balaban J connectivity index is 0.00000196. The van der Waals surface area contributed by atoms with Crippen molar-refractivity contribution in [1.29, 1.82) is 0 Å². The van der Waals surface area contributed by atoms with Crippen molar-refractivity contribution in [2.75, 3.05) is 18.6 Å². The Hall–Kier alpha value is -1.76. The van der Waals surface area contributed by atoms with Gasteiger partial charge in [0.25, 0.3) is 5.01 Å². The molecule has 0 radical (unpaired) electrons. The highest BCUT2D eigenvalue weighted by molar-refractivity contribution is 8.03. The van der Waals surface area contributed by atoms with Crippen LogP contribution in [0.25, 0.3) is 16.3 Å². The first-order valence-corrected chi connectivity index (χ1v) is 9.68. The van der Waals surface area contributed by atoms with Crippen molar-refractivity contribution >= 4 is 45.1 Å². The minimum Gasteiger partial charge on any atom is -1.00 e. The predicted molar refractivity (Wildman–Crippen MR) is 107 cm³/mol. The second kappa shape index (κ2) is 7.86. The molecule has 6 heteroatoms. The van der Waals surface area contributed by atoms with E-state index in [9.17, 15) is 0 Å². The van der Waals surface area contributed by atoms with E-state index in [0.29, 0.717) is 0 Å². The van der Waals surface area contributed by atoms with E-state index in [4.69, 9.17) is 4.74 Å². The van der Waals surface area contributed by atoms with Crippen molar-refractivity contribution in [3.63, 3.8) is 0 Å². The number of anilines is 1. The number of fused-ring (bicyclic) bond motifs is 2. The second-order valence-corrected chi connectivity index (χ2v) is 7.91. The Labute approximate surface area is 172 Å². The zero-order chi connectivity index (χ0) is 17.4. The lowest BCUT2D eigenvalue weighted by Crippen LogP contribution is -3.00. The minimum absolute atomic E-state index is 0. The van der Waals surface area contributed by atoms with E-state index in [0.717, 1.165) is 12.3 Å². The van der Waals surface area contributed by atoms with Crippen LogP contribution in [-0.4, -0.2) is 13.7 Å². The van der Waals surface area contributed by atoms with E-state index in [1.807, 2.05) is 23.5 Å². The maximum Gasteiger partial charge on any atom is 0.265 e. The van der Waals surface area contributed by atoms with Crippen LogP contribution in [0.5, 0.6) is 5.75 Å². The van der Waals surface area contributed by atoms with Gasteiger partial charge in [0, 0.05) is 17.5 Å². The highest BCUT2D eigenvalue weighted by atomic mass is 79.9. The maximum absolute atomic E-state index is 5.37. The number of para-hydroxylation sites is 1. The van der Waals surface area contributed by atoms with Crippen molar-refractivity contribution in [2.45, 2.75) is 4.90 Å². The molecule has 0 amide bonds. The van der Waals surface area contributed by atoms with E-state index >= 15 is 0 Å². The lowest BCUT2D eigenvalue weighted by atomic mass is 10.2. The summed E-state index contributed by atoms with van der Waals surface area (Å²) in [7, 11) is 3.83. The predicted octanol–water partition coefficient (Wildman–Crippen LogP) is 1.84. The molecule has 3 aromatic rings. The summed E-state index contributed by atoms with van der Waals surface area (Å²) in [5.41, 5.74) is 2.47. The molecule has 2 aromatic carbocycles. The SMILES string of the molecule is C=CCN1/C(=C/c2sc3ccccc3[n+]2C)Sc2cc(OC)ccc21.[Br-]. The van der Waals surface area contributed by atoms with Crippen molar-refractivity contribution in [2.24, 2.45) is 7.05 Å². The molecule has 0 spiro atoms. The Morgan fingerprint density at radius 3 is 2.77 bits per heavy atom. The first-order valence-electron chi connectivity index (χ1n) is 8.05. The van der Waals surface area contributed by atoms with Gasteiger partial charge in [-0.05, 0) is 24.3 Å². The molecule has 0 saturated carbocycles. The van der Waals surface area contributed by atoms with Gasteiger partial charge in [-0.2, -0.15) is 4.57 Å². The van der Waals surface area contributed by atoms with Gasteiger partial charge in [0.1, 0.15) is 17.5 Å². The third-order valence-electron chi connectivity index (χ3n) is 4.27. The van der Waals surface area contributed by atoms with Crippen molar-refractivity contribution in [1.82, 2.24) is 0 Å². The van der Waals surface area contributed by atoms with Gasteiger partial charge in [-0.25, -0.2) is 0 Å². The lowest BCUT2D eigenvalue weighted by Gasteiger charge is -2.17. The fourth-order valence-corrected chi connectivity index (χ4v) is 5.29. The van der Waals surface area contributed by atoms with Crippen LogP contribution >= 0.6 is 23.1 Å². The van der Waals surface area contributed by atoms with Gasteiger partial charge in [-0.3, -0.25) is 0 Å². The van der Waals surface area contributed by atoms with E-state index in [1.54, 1.807) is 18.9 Å². The summed E-state index contributed by atoms with van der Waals surface area (Å²) in [5.74, 6) is 0.887. The summed E-state index contributed by atoms with van der Waals surface area (Å²) >= 11 is 3.59. The average Bonchev–Trinajstić information content (AvgIpc) is 3.13. The third-order valence-corrected chi connectivity index (χ3v) is 6.53. The molecule has 0 N–H and O–H groups in total.